The summed E-state index contributed by atoms with van der Waals surface area (Å²) in [6.45, 7) is 5.49. The van der Waals surface area contributed by atoms with Gasteiger partial charge in [0, 0.05) is 19.1 Å². The third-order valence-corrected chi connectivity index (χ3v) is 4.62. The number of hydrogen-bond donors (Lipinski definition) is 1. The molecule has 0 unspecified atom stereocenters. The van der Waals surface area contributed by atoms with E-state index >= 15 is 0 Å². The second-order valence-electron chi connectivity index (χ2n) is 6.82. The zero-order chi connectivity index (χ0) is 18.9. The van der Waals surface area contributed by atoms with Gasteiger partial charge in [0.05, 0.1) is 6.61 Å². The van der Waals surface area contributed by atoms with Crippen LogP contribution in [0.25, 0.3) is 0 Å². The Balaban J connectivity index is 1.41. The van der Waals surface area contributed by atoms with Gasteiger partial charge in [-0.3, -0.25) is 9.69 Å². The number of piperidine rings is 1. The Kier molecular flexibility index (Phi) is 7.11. The Morgan fingerprint density at radius 1 is 1.07 bits per heavy atom. The van der Waals surface area contributed by atoms with Gasteiger partial charge in [-0.2, -0.15) is 0 Å². The van der Waals surface area contributed by atoms with E-state index in [1.807, 2.05) is 37.3 Å². The van der Waals surface area contributed by atoms with E-state index in [0.717, 1.165) is 38.2 Å². The van der Waals surface area contributed by atoms with E-state index in [1.54, 1.807) is 0 Å². The number of hydrogen-bond acceptors (Lipinski definition) is 4. The molecule has 1 amide bonds. The van der Waals surface area contributed by atoms with E-state index in [9.17, 15) is 4.79 Å². The normalized spacial score (nSPS) is 17.3. The predicted octanol–water partition coefficient (Wildman–Crippen LogP) is 3.24. The summed E-state index contributed by atoms with van der Waals surface area (Å²) >= 11 is 0. The number of nitrogens with zero attached hydrogens (tertiary/aromatic N) is 1. The molecule has 1 fully saturated rings. The number of rotatable bonds is 8. The van der Waals surface area contributed by atoms with Gasteiger partial charge >= 0.3 is 0 Å². The summed E-state index contributed by atoms with van der Waals surface area (Å²) in [6.07, 6.45) is 2.11. The Morgan fingerprint density at radius 2 is 1.78 bits per heavy atom. The number of amides is 1. The lowest BCUT2D eigenvalue weighted by atomic mass is 10.0. The lowest BCUT2D eigenvalue weighted by molar-refractivity contribution is -0.124. The number of carbonyl (C=O) groups is 1. The minimum Gasteiger partial charge on any atom is -0.494 e. The number of ether oxygens (including phenoxy) is 2. The molecular weight excluding hydrogens is 340 g/mol. The molecule has 2 aromatic rings. The van der Waals surface area contributed by atoms with Crippen LogP contribution in [0.4, 0.5) is 0 Å². The SMILES string of the molecule is CCOc1ccc(OCC(=O)N[C@@H]2CCCN(Cc3ccccc3)C2)cc1. The summed E-state index contributed by atoms with van der Waals surface area (Å²) in [7, 11) is 0. The molecule has 0 spiro atoms. The highest BCUT2D eigenvalue weighted by Crippen LogP contribution is 2.17. The second-order valence-corrected chi connectivity index (χ2v) is 6.82. The molecule has 1 aliphatic rings. The van der Waals surface area contributed by atoms with Gasteiger partial charge in [-0.1, -0.05) is 30.3 Å². The van der Waals surface area contributed by atoms with Crippen LogP contribution in [0.15, 0.2) is 54.6 Å². The molecule has 27 heavy (non-hydrogen) atoms. The Bertz CT molecular complexity index is 703. The predicted molar refractivity (Wildman–Crippen MR) is 106 cm³/mol. The van der Waals surface area contributed by atoms with Crippen LogP contribution in [0.5, 0.6) is 11.5 Å². The molecule has 0 bridgehead atoms. The van der Waals surface area contributed by atoms with E-state index < -0.39 is 0 Å². The molecule has 0 aromatic heterocycles. The van der Waals surface area contributed by atoms with Crippen molar-refractivity contribution in [2.75, 3.05) is 26.3 Å². The topological polar surface area (TPSA) is 50.8 Å². The smallest absolute Gasteiger partial charge is 0.258 e. The minimum absolute atomic E-state index is 0.0309. The quantitative estimate of drug-likeness (QED) is 0.777. The highest BCUT2D eigenvalue weighted by Gasteiger charge is 2.21. The zero-order valence-electron chi connectivity index (χ0n) is 15.9. The summed E-state index contributed by atoms with van der Waals surface area (Å²) in [5.41, 5.74) is 1.31. The zero-order valence-corrected chi connectivity index (χ0v) is 15.9. The fourth-order valence-electron chi connectivity index (χ4n) is 3.38. The number of benzene rings is 2. The van der Waals surface area contributed by atoms with E-state index in [0.29, 0.717) is 12.4 Å². The van der Waals surface area contributed by atoms with Crippen molar-refractivity contribution in [1.29, 1.82) is 0 Å². The van der Waals surface area contributed by atoms with Crippen molar-refractivity contribution in [2.45, 2.75) is 32.4 Å². The largest absolute Gasteiger partial charge is 0.494 e. The molecule has 0 aliphatic carbocycles. The van der Waals surface area contributed by atoms with Crippen molar-refractivity contribution in [3.8, 4) is 11.5 Å². The summed E-state index contributed by atoms with van der Waals surface area (Å²) < 4.78 is 11.0. The molecule has 0 radical (unpaired) electrons. The van der Waals surface area contributed by atoms with E-state index in [1.165, 1.54) is 5.56 Å². The summed E-state index contributed by atoms with van der Waals surface area (Å²) in [6, 6.07) is 18.0. The summed E-state index contributed by atoms with van der Waals surface area (Å²) in [5, 5.41) is 3.11. The molecule has 1 heterocycles. The molecule has 5 nitrogen and oxygen atoms in total. The highest BCUT2D eigenvalue weighted by atomic mass is 16.5. The van der Waals surface area contributed by atoms with Crippen LogP contribution in [-0.4, -0.2) is 43.2 Å². The molecule has 0 saturated carbocycles. The van der Waals surface area contributed by atoms with Gasteiger partial charge in [-0.05, 0) is 56.1 Å². The van der Waals surface area contributed by atoms with Crippen LogP contribution in [-0.2, 0) is 11.3 Å². The van der Waals surface area contributed by atoms with E-state index in [-0.39, 0.29) is 18.6 Å². The van der Waals surface area contributed by atoms with Crippen molar-refractivity contribution < 1.29 is 14.3 Å². The van der Waals surface area contributed by atoms with Crippen LogP contribution in [0.1, 0.15) is 25.3 Å². The lowest BCUT2D eigenvalue weighted by Crippen LogP contribution is -2.48. The van der Waals surface area contributed by atoms with E-state index in [4.69, 9.17) is 9.47 Å². The van der Waals surface area contributed by atoms with Crippen molar-refractivity contribution in [3.05, 3.63) is 60.2 Å². The van der Waals surface area contributed by atoms with Gasteiger partial charge in [0.1, 0.15) is 11.5 Å². The maximum Gasteiger partial charge on any atom is 0.258 e. The number of likely N-dealkylation sites (tertiary alicyclic amines) is 1. The standard InChI is InChI=1S/C22H28N2O3/c1-2-26-20-10-12-21(13-11-20)27-17-22(25)23-19-9-6-14-24(16-19)15-18-7-4-3-5-8-18/h3-5,7-8,10-13,19H,2,6,9,14-17H2,1H3,(H,23,25)/t19-/m1/s1. The van der Waals surface area contributed by atoms with Crippen LogP contribution in [0.3, 0.4) is 0 Å². The Hall–Kier alpha value is -2.53. The minimum atomic E-state index is -0.0737. The number of nitrogens with one attached hydrogen (secondary N) is 1. The summed E-state index contributed by atoms with van der Waals surface area (Å²) in [4.78, 5) is 14.6. The first-order chi connectivity index (χ1) is 13.2. The van der Waals surface area contributed by atoms with Gasteiger partial charge in [-0.15, -0.1) is 0 Å². The van der Waals surface area contributed by atoms with Crippen LogP contribution >= 0.6 is 0 Å². The Labute approximate surface area is 161 Å². The van der Waals surface area contributed by atoms with Crippen molar-refractivity contribution >= 4 is 5.91 Å². The maximum atomic E-state index is 12.2. The average Bonchev–Trinajstić information content (AvgIpc) is 2.69. The molecule has 144 valence electrons. The van der Waals surface area contributed by atoms with Crippen molar-refractivity contribution in [2.24, 2.45) is 0 Å². The monoisotopic (exact) mass is 368 g/mol. The fraction of sp³-hybridized carbons (Fsp3) is 0.409. The molecule has 5 heteroatoms. The second kappa shape index (κ2) is 9.97. The molecule has 1 aliphatic heterocycles. The van der Waals surface area contributed by atoms with Gasteiger partial charge in [0.15, 0.2) is 6.61 Å². The van der Waals surface area contributed by atoms with Gasteiger partial charge in [-0.25, -0.2) is 0 Å². The van der Waals surface area contributed by atoms with E-state index in [2.05, 4.69) is 34.5 Å². The molecule has 1 atom stereocenters. The van der Waals surface area contributed by atoms with Crippen LogP contribution in [0, 0.1) is 0 Å². The average molecular weight is 368 g/mol. The van der Waals surface area contributed by atoms with Crippen LogP contribution in [0.2, 0.25) is 0 Å². The molecule has 3 rings (SSSR count). The first-order valence-corrected chi connectivity index (χ1v) is 9.64. The molecule has 2 aromatic carbocycles. The first-order valence-electron chi connectivity index (χ1n) is 9.64. The Morgan fingerprint density at radius 3 is 2.48 bits per heavy atom. The van der Waals surface area contributed by atoms with Crippen LogP contribution < -0.4 is 14.8 Å². The molecule has 1 saturated heterocycles. The molecule has 1 N–H and O–H groups in total. The lowest BCUT2D eigenvalue weighted by Gasteiger charge is -2.33. The van der Waals surface area contributed by atoms with Gasteiger partial charge < -0.3 is 14.8 Å². The third-order valence-electron chi connectivity index (χ3n) is 4.62. The number of carbonyl (C=O) groups excluding carboxylic acids is 1. The van der Waals surface area contributed by atoms with Gasteiger partial charge in [0.25, 0.3) is 5.91 Å². The fourth-order valence-corrected chi connectivity index (χ4v) is 3.38. The first kappa shape index (κ1) is 19.2. The van der Waals surface area contributed by atoms with Crippen molar-refractivity contribution in [3.63, 3.8) is 0 Å². The third kappa shape index (κ3) is 6.29. The maximum absolute atomic E-state index is 12.2. The molecular formula is C22H28N2O3. The van der Waals surface area contributed by atoms with Crippen molar-refractivity contribution in [1.82, 2.24) is 10.2 Å². The highest BCUT2D eigenvalue weighted by molar-refractivity contribution is 5.77. The summed E-state index contributed by atoms with van der Waals surface area (Å²) in [5.74, 6) is 1.40. The van der Waals surface area contributed by atoms with Gasteiger partial charge in [0.2, 0.25) is 0 Å².